The summed E-state index contributed by atoms with van der Waals surface area (Å²) < 4.78 is 0. The molecule has 1 aliphatic carbocycles. The van der Waals surface area contributed by atoms with Crippen LogP contribution in [-0.2, 0) is 12.8 Å². The number of hydrogen-bond acceptors (Lipinski definition) is 6. The zero-order valence-electron chi connectivity index (χ0n) is 11.0. The molecule has 21 heavy (non-hydrogen) atoms. The van der Waals surface area contributed by atoms with E-state index in [4.69, 9.17) is 0 Å². The average Bonchev–Trinajstić information content (AvgIpc) is 3.09. The summed E-state index contributed by atoms with van der Waals surface area (Å²) in [5.41, 5.74) is 1.83. The number of hydrogen-bond donors (Lipinski definition) is 0. The first-order valence-corrected chi connectivity index (χ1v) is 8.15. The van der Waals surface area contributed by atoms with Crippen molar-refractivity contribution in [2.45, 2.75) is 25.7 Å². The zero-order chi connectivity index (χ0) is 14.8. The van der Waals surface area contributed by atoms with Crippen LogP contribution in [0, 0.1) is 21.4 Å². The molecule has 106 valence electrons. The summed E-state index contributed by atoms with van der Waals surface area (Å²) in [6.45, 7) is 0. The van der Waals surface area contributed by atoms with Crippen molar-refractivity contribution in [3.63, 3.8) is 0 Å². The number of nitrogens with zero attached hydrogens (tertiary/aromatic N) is 3. The van der Waals surface area contributed by atoms with E-state index in [-0.39, 0.29) is 5.00 Å². The first-order valence-electron chi connectivity index (χ1n) is 6.52. The standard InChI is InChI=1S/C14H11N3O2S2/c15-7-11-10-3-1-2-4-12(10)21-14(11)16-8-9-5-6-13(20-9)17(18)19/h5-6,8H,1-4H2. The highest BCUT2D eigenvalue weighted by molar-refractivity contribution is 7.17. The van der Waals surface area contributed by atoms with Gasteiger partial charge in [0.25, 0.3) is 0 Å². The lowest BCUT2D eigenvalue weighted by molar-refractivity contribution is -0.380. The Balaban J connectivity index is 1.90. The van der Waals surface area contributed by atoms with Crippen LogP contribution < -0.4 is 0 Å². The summed E-state index contributed by atoms with van der Waals surface area (Å²) in [5.74, 6) is 0. The molecule has 2 aromatic heterocycles. The van der Waals surface area contributed by atoms with E-state index in [1.807, 2.05) is 0 Å². The lowest BCUT2D eigenvalue weighted by Crippen LogP contribution is -1.99. The maximum atomic E-state index is 10.7. The van der Waals surface area contributed by atoms with Gasteiger partial charge in [0.15, 0.2) is 0 Å². The maximum absolute atomic E-state index is 10.7. The van der Waals surface area contributed by atoms with Gasteiger partial charge >= 0.3 is 5.00 Å². The number of aliphatic imine (C=N–C) groups is 1. The molecule has 0 aromatic carbocycles. The van der Waals surface area contributed by atoms with Crippen LogP contribution in [0.4, 0.5) is 10.0 Å². The summed E-state index contributed by atoms with van der Waals surface area (Å²) in [6.07, 6.45) is 5.87. The van der Waals surface area contributed by atoms with E-state index in [0.717, 1.165) is 46.0 Å². The zero-order valence-corrected chi connectivity index (χ0v) is 12.7. The number of fused-ring (bicyclic) bond motifs is 1. The number of rotatable bonds is 3. The van der Waals surface area contributed by atoms with Gasteiger partial charge in [0.05, 0.1) is 15.4 Å². The molecule has 1 aliphatic rings. The van der Waals surface area contributed by atoms with Gasteiger partial charge in [-0.3, -0.25) is 10.1 Å². The van der Waals surface area contributed by atoms with Crippen molar-refractivity contribution in [1.82, 2.24) is 0 Å². The average molecular weight is 317 g/mol. The van der Waals surface area contributed by atoms with E-state index in [1.165, 1.54) is 17.4 Å². The van der Waals surface area contributed by atoms with Crippen molar-refractivity contribution in [3.05, 3.63) is 43.1 Å². The molecule has 0 aliphatic heterocycles. The fourth-order valence-corrected chi connectivity index (χ4v) is 4.27. The van der Waals surface area contributed by atoms with Crippen molar-refractivity contribution in [1.29, 1.82) is 5.26 Å². The molecule has 0 fully saturated rings. The van der Waals surface area contributed by atoms with Crippen LogP contribution in [0.3, 0.4) is 0 Å². The second-order valence-corrected chi connectivity index (χ2v) is 6.87. The van der Waals surface area contributed by atoms with Crippen LogP contribution in [0.1, 0.15) is 33.7 Å². The molecular formula is C14H11N3O2S2. The topological polar surface area (TPSA) is 79.3 Å². The maximum Gasteiger partial charge on any atom is 0.324 e. The third kappa shape index (κ3) is 2.73. The van der Waals surface area contributed by atoms with Crippen molar-refractivity contribution in [2.24, 2.45) is 4.99 Å². The van der Waals surface area contributed by atoms with E-state index in [0.29, 0.717) is 5.56 Å². The van der Waals surface area contributed by atoms with Gasteiger partial charge in [0.2, 0.25) is 0 Å². The SMILES string of the molecule is N#Cc1c(N=Cc2ccc([N+](=O)[O-])s2)sc2c1CCCC2. The number of nitro groups is 1. The van der Waals surface area contributed by atoms with Gasteiger partial charge < -0.3 is 0 Å². The molecule has 7 heteroatoms. The highest BCUT2D eigenvalue weighted by Crippen LogP contribution is 2.39. The Bertz CT molecular complexity index is 768. The molecule has 2 aromatic rings. The molecule has 2 heterocycles. The third-order valence-electron chi connectivity index (χ3n) is 3.37. The van der Waals surface area contributed by atoms with Gasteiger partial charge in [-0.05, 0) is 37.3 Å². The predicted octanol–water partition coefficient (Wildman–Crippen LogP) is 4.22. The van der Waals surface area contributed by atoms with Crippen molar-refractivity contribution >= 4 is 38.9 Å². The quantitative estimate of drug-likeness (QED) is 0.483. The lowest BCUT2D eigenvalue weighted by Gasteiger charge is -2.09. The van der Waals surface area contributed by atoms with Gasteiger partial charge in [0, 0.05) is 17.2 Å². The fraction of sp³-hybridized carbons (Fsp3) is 0.286. The Kier molecular flexibility index (Phi) is 3.82. The van der Waals surface area contributed by atoms with Gasteiger partial charge in [-0.1, -0.05) is 11.3 Å². The van der Waals surface area contributed by atoms with E-state index in [2.05, 4.69) is 11.1 Å². The smallest absolute Gasteiger partial charge is 0.258 e. The van der Waals surface area contributed by atoms with Gasteiger partial charge in [-0.25, -0.2) is 4.99 Å². The Morgan fingerprint density at radius 3 is 2.86 bits per heavy atom. The third-order valence-corrected chi connectivity index (χ3v) is 5.54. The summed E-state index contributed by atoms with van der Waals surface area (Å²) in [7, 11) is 0. The van der Waals surface area contributed by atoms with Gasteiger partial charge in [-0.15, -0.1) is 11.3 Å². The first kappa shape index (κ1) is 13.9. The fourth-order valence-electron chi connectivity index (χ4n) is 2.39. The second kappa shape index (κ2) is 5.76. The summed E-state index contributed by atoms with van der Waals surface area (Å²) in [6, 6.07) is 5.40. The molecule has 0 saturated carbocycles. The second-order valence-electron chi connectivity index (χ2n) is 4.69. The largest absolute Gasteiger partial charge is 0.324 e. The molecule has 0 radical (unpaired) electrons. The van der Waals surface area contributed by atoms with E-state index < -0.39 is 4.92 Å². The number of nitriles is 1. The van der Waals surface area contributed by atoms with E-state index in [9.17, 15) is 15.4 Å². The normalized spacial score (nSPS) is 14.0. The molecule has 3 rings (SSSR count). The Morgan fingerprint density at radius 1 is 1.33 bits per heavy atom. The summed E-state index contributed by atoms with van der Waals surface area (Å²) in [5, 5.41) is 20.8. The molecule has 0 spiro atoms. The van der Waals surface area contributed by atoms with E-state index >= 15 is 0 Å². The molecule has 0 atom stereocenters. The van der Waals surface area contributed by atoms with Crippen molar-refractivity contribution in [2.75, 3.05) is 0 Å². The number of aryl methyl sites for hydroxylation is 1. The molecule has 5 nitrogen and oxygen atoms in total. The minimum Gasteiger partial charge on any atom is -0.258 e. The predicted molar refractivity (Wildman–Crippen MR) is 83.9 cm³/mol. The van der Waals surface area contributed by atoms with Gasteiger partial charge in [0.1, 0.15) is 11.1 Å². The molecule has 0 N–H and O–H groups in total. The molecular weight excluding hydrogens is 306 g/mol. The van der Waals surface area contributed by atoms with Crippen LogP contribution in [-0.4, -0.2) is 11.1 Å². The number of thiophene rings is 2. The van der Waals surface area contributed by atoms with Crippen LogP contribution in [0.2, 0.25) is 0 Å². The van der Waals surface area contributed by atoms with Crippen molar-refractivity contribution < 1.29 is 4.92 Å². The Labute approximate surface area is 129 Å². The lowest BCUT2D eigenvalue weighted by atomic mass is 9.96. The molecule has 0 saturated heterocycles. The van der Waals surface area contributed by atoms with Crippen LogP contribution in [0.25, 0.3) is 0 Å². The first-order chi connectivity index (χ1) is 10.2. The van der Waals surface area contributed by atoms with Crippen LogP contribution in [0.5, 0.6) is 0 Å². The minimum atomic E-state index is -0.410. The molecule has 0 unspecified atom stereocenters. The van der Waals surface area contributed by atoms with Crippen molar-refractivity contribution in [3.8, 4) is 6.07 Å². The van der Waals surface area contributed by atoms with Crippen LogP contribution >= 0.6 is 22.7 Å². The minimum absolute atomic E-state index is 0.0995. The molecule has 0 amide bonds. The Morgan fingerprint density at radius 2 is 2.14 bits per heavy atom. The summed E-state index contributed by atoms with van der Waals surface area (Å²) >= 11 is 2.65. The molecule has 0 bridgehead atoms. The van der Waals surface area contributed by atoms with Crippen LogP contribution in [0.15, 0.2) is 17.1 Å². The van der Waals surface area contributed by atoms with E-state index in [1.54, 1.807) is 23.6 Å². The van der Waals surface area contributed by atoms with Gasteiger partial charge in [-0.2, -0.15) is 5.26 Å². The highest BCUT2D eigenvalue weighted by atomic mass is 32.1. The highest BCUT2D eigenvalue weighted by Gasteiger charge is 2.20. The monoisotopic (exact) mass is 317 g/mol. The Hall–Kier alpha value is -2.04. The summed E-state index contributed by atoms with van der Waals surface area (Å²) in [4.78, 5) is 16.6.